The number of rotatable bonds is 7. The van der Waals surface area contributed by atoms with Crippen molar-refractivity contribution >= 4 is 21.8 Å². The molecule has 1 aliphatic rings. The van der Waals surface area contributed by atoms with Gasteiger partial charge in [-0.1, -0.05) is 5.16 Å². The summed E-state index contributed by atoms with van der Waals surface area (Å²) < 4.78 is 37.5. The molecule has 0 spiro atoms. The van der Waals surface area contributed by atoms with Crippen LogP contribution in [0.15, 0.2) is 57.9 Å². The number of nitrogens with zero attached hydrogens (tertiary/aromatic N) is 2. The standard InChI is InChI=1S/C24H26N4O6S/c1-16-22(17(2)34-27-16)15-33-20-9-5-18(6-10-20)23(29)25-26-24(30)19-7-11-21(12-8-19)35(31,32)28-13-3-4-14-28/h5-12H,3-4,13-15H2,1-2H3,(H,25,29)(H,26,30). The number of hydrogen-bond acceptors (Lipinski definition) is 7. The first kappa shape index (κ1) is 24.4. The summed E-state index contributed by atoms with van der Waals surface area (Å²) in [5.41, 5.74) is 6.85. The van der Waals surface area contributed by atoms with Gasteiger partial charge in [0.1, 0.15) is 18.1 Å². The summed E-state index contributed by atoms with van der Waals surface area (Å²) >= 11 is 0. The molecule has 0 unspecified atom stereocenters. The van der Waals surface area contributed by atoms with Gasteiger partial charge in [-0.2, -0.15) is 4.31 Å². The second-order valence-electron chi connectivity index (χ2n) is 8.16. The van der Waals surface area contributed by atoms with Crippen molar-refractivity contribution in [3.05, 3.63) is 76.7 Å². The number of amides is 2. The largest absolute Gasteiger partial charge is 0.489 e. The van der Waals surface area contributed by atoms with E-state index < -0.39 is 21.8 Å². The predicted octanol–water partition coefficient (Wildman–Crippen LogP) is 2.73. The first-order valence-electron chi connectivity index (χ1n) is 11.1. The number of aryl methyl sites for hydroxylation is 2. The minimum Gasteiger partial charge on any atom is -0.489 e. The van der Waals surface area contributed by atoms with E-state index in [0.29, 0.717) is 36.8 Å². The predicted molar refractivity (Wildman–Crippen MR) is 126 cm³/mol. The van der Waals surface area contributed by atoms with Gasteiger partial charge < -0.3 is 9.26 Å². The number of carbonyl (C=O) groups excluding carboxylic acids is 2. The van der Waals surface area contributed by atoms with Crippen LogP contribution in [0.25, 0.3) is 0 Å². The Hall–Kier alpha value is -3.70. The van der Waals surface area contributed by atoms with Crippen molar-refractivity contribution in [3.8, 4) is 5.75 Å². The van der Waals surface area contributed by atoms with Crippen molar-refractivity contribution in [1.29, 1.82) is 0 Å². The molecule has 0 atom stereocenters. The lowest BCUT2D eigenvalue weighted by Crippen LogP contribution is -2.41. The van der Waals surface area contributed by atoms with Gasteiger partial charge in [-0.15, -0.1) is 0 Å². The summed E-state index contributed by atoms with van der Waals surface area (Å²) in [6, 6.07) is 12.1. The maximum absolute atomic E-state index is 12.6. The van der Waals surface area contributed by atoms with E-state index >= 15 is 0 Å². The summed E-state index contributed by atoms with van der Waals surface area (Å²) in [7, 11) is -3.55. The molecular formula is C24H26N4O6S. The van der Waals surface area contributed by atoms with Crippen LogP contribution in [-0.4, -0.2) is 42.8 Å². The monoisotopic (exact) mass is 498 g/mol. The molecule has 0 aliphatic carbocycles. The van der Waals surface area contributed by atoms with E-state index in [1.807, 2.05) is 13.8 Å². The van der Waals surface area contributed by atoms with Crippen LogP contribution < -0.4 is 15.6 Å². The zero-order valence-corrected chi connectivity index (χ0v) is 20.2. The molecule has 2 amide bonds. The van der Waals surface area contributed by atoms with Crippen molar-refractivity contribution in [1.82, 2.24) is 20.3 Å². The highest BCUT2D eigenvalue weighted by atomic mass is 32.2. The van der Waals surface area contributed by atoms with Gasteiger partial charge in [-0.3, -0.25) is 20.4 Å². The van der Waals surface area contributed by atoms with Crippen LogP contribution in [0.2, 0.25) is 0 Å². The number of hydrazine groups is 1. The lowest BCUT2D eigenvalue weighted by atomic mass is 10.2. The Balaban J connectivity index is 1.29. The molecule has 1 aromatic heterocycles. The van der Waals surface area contributed by atoms with E-state index in [4.69, 9.17) is 9.26 Å². The third-order valence-corrected chi connectivity index (χ3v) is 7.70. The van der Waals surface area contributed by atoms with E-state index in [9.17, 15) is 18.0 Å². The zero-order chi connectivity index (χ0) is 25.0. The van der Waals surface area contributed by atoms with Crippen molar-refractivity contribution in [2.75, 3.05) is 13.1 Å². The Morgan fingerprint density at radius 2 is 1.49 bits per heavy atom. The van der Waals surface area contributed by atoms with Crippen molar-refractivity contribution in [3.63, 3.8) is 0 Å². The number of nitrogens with one attached hydrogen (secondary N) is 2. The van der Waals surface area contributed by atoms with Gasteiger partial charge >= 0.3 is 0 Å². The third kappa shape index (κ3) is 5.52. The average molecular weight is 499 g/mol. The minimum absolute atomic E-state index is 0.136. The van der Waals surface area contributed by atoms with Crippen molar-refractivity contribution in [2.24, 2.45) is 0 Å². The molecule has 0 bridgehead atoms. The fraction of sp³-hybridized carbons (Fsp3) is 0.292. The Morgan fingerprint density at radius 3 is 2.00 bits per heavy atom. The number of carbonyl (C=O) groups is 2. The number of ether oxygens (including phenoxy) is 1. The zero-order valence-electron chi connectivity index (χ0n) is 19.4. The van der Waals surface area contributed by atoms with Crippen LogP contribution in [-0.2, 0) is 16.6 Å². The van der Waals surface area contributed by atoms with Crippen LogP contribution in [0.5, 0.6) is 5.75 Å². The van der Waals surface area contributed by atoms with E-state index in [-0.39, 0.29) is 10.5 Å². The minimum atomic E-state index is -3.55. The molecule has 3 aromatic rings. The second kappa shape index (κ2) is 10.3. The third-order valence-electron chi connectivity index (χ3n) is 5.79. The molecule has 0 saturated carbocycles. The quantitative estimate of drug-likeness (QED) is 0.479. The summed E-state index contributed by atoms with van der Waals surface area (Å²) in [5, 5.41) is 3.88. The van der Waals surface area contributed by atoms with E-state index in [2.05, 4.69) is 16.0 Å². The Kier molecular flexibility index (Phi) is 7.17. The summed E-state index contributed by atoms with van der Waals surface area (Å²) in [6.45, 7) is 4.95. The molecule has 1 fully saturated rings. The fourth-order valence-corrected chi connectivity index (χ4v) is 5.20. The van der Waals surface area contributed by atoms with Crippen LogP contribution in [0.3, 0.4) is 0 Å². The SMILES string of the molecule is Cc1noc(C)c1COc1ccc(C(=O)NNC(=O)c2ccc(S(=O)(=O)N3CCCC3)cc2)cc1. The molecule has 11 heteroatoms. The number of sulfonamides is 1. The summed E-state index contributed by atoms with van der Waals surface area (Å²) in [5.74, 6) is 0.179. The molecule has 1 aliphatic heterocycles. The summed E-state index contributed by atoms with van der Waals surface area (Å²) in [4.78, 5) is 24.9. The van der Waals surface area contributed by atoms with Gasteiger partial charge in [-0.25, -0.2) is 8.42 Å². The van der Waals surface area contributed by atoms with Gasteiger partial charge in [0, 0.05) is 24.2 Å². The van der Waals surface area contributed by atoms with Gasteiger partial charge in [0.15, 0.2) is 0 Å². The molecule has 4 rings (SSSR count). The van der Waals surface area contributed by atoms with E-state index in [1.54, 1.807) is 24.3 Å². The fourth-order valence-electron chi connectivity index (χ4n) is 3.68. The second-order valence-corrected chi connectivity index (χ2v) is 10.1. The number of hydrogen-bond donors (Lipinski definition) is 2. The Bertz CT molecular complexity index is 1290. The molecule has 2 heterocycles. The average Bonchev–Trinajstić information content (AvgIpc) is 3.52. The molecule has 10 nitrogen and oxygen atoms in total. The van der Waals surface area contributed by atoms with Crippen LogP contribution in [0.1, 0.15) is 50.6 Å². The van der Waals surface area contributed by atoms with E-state index in [0.717, 1.165) is 24.1 Å². The Labute approximate surface area is 203 Å². The molecule has 2 aromatic carbocycles. The molecule has 184 valence electrons. The lowest BCUT2D eigenvalue weighted by Gasteiger charge is -2.15. The molecule has 2 N–H and O–H groups in total. The highest BCUT2D eigenvalue weighted by Gasteiger charge is 2.27. The van der Waals surface area contributed by atoms with E-state index in [1.165, 1.54) is 28.6 Å². The normalized spacial score (nSPS) is 14.0. The highest BCUT2D eigenvalue weighted by Crippen LogP contribution is 2.21. The maximum Gasteiger partial charge on any atom is 0.269 e. The first-order valence-corrected chi connectivity index (χ1v) is 12.6. The smallest absolute Gasteiger partial charge is 0.269 e. The number of benzene rings is 2. The van der Waals surface area contributed by atoms with Gasteiger partial charge in [0.05, 0.1) is 16.2 Å². The van der Waals surface area contributed by atoms with Crippen molar-refractivity contribution in [2.45, 2.75) is 38.2 Å². The topological polar surface area (TPSA) is 131 Å². The van der Waals surface area contributed by atoms with Gasteiger partial charge in [0.2, 0.25) is 10.0 Å². The molecule has 0 radical (unpaired) electrons. The van der Waals surface area contributed by atoms with Gasteiger partial charge in [-0.05, 0) is 75.2 Å². The first-order chi connectivity index (χ1) is 16.8. The lowest BCUT2D eigenvalue weighted by molar-refractivity contribution is 0.0846. The van der Waals surface area contributed by atoms with Crippen LogP contribution in [0, 0.1) is 13.8 Å². The molecule has 35 heavy (non-hydrogen) atoms. The van der Waals surface area contributed by atoms with Gasteiger partial charge in [0.25, 0.3) is 11.8 Å². The molecule has 1 saturated heterocycles. The molecular weight excluding hydrogens is 472 g/mol. The Morgan fingerprint density at radius 1 is 0.943 bits per heavy atom. The van der Waals surface area contributed by atoms with Crippen LogP contribution in [0.4, 0.5) is 0 Å². The maximum atomic E-state index is 12.6. The highest BCUT2D eigenvalue weighted by molar-refractivity contribution is 7.89. The number of aromatic nitrogens is 1. The summed E-state index contributed by atoms with van der Waals surface area (Å²) in [6.07, 6.45) is 1.69. The van der Waals surface area contributed by atoms with Crippen LogP contribution >= 0.6 is 0 Å². The van der Waals surface area contributed by atoms with Crippen molar-refractivity contribution < 1.29 is 27.3 Å².